The summed E-state index contributed by atoms with van der Waals surface area (Å²) in [7, 11) is 0. The van der Waals surface area contributed by atoms with Gasteiger partial charge in [-0.3, -0.25) is 9.80 Å². The van der Waals surface area contributed by atoms with Crippen LogP contribution < -0.4 is 15.0 Å². The SMILES string of the molecule is O=C(O)N1[C@@H]2CC[C@H]1CN(c1nc(OCC34CCCN3CCC4)nc3c1CCNC3)C2. The first-order valence-electron chi connectivity index (χ1n) is 11.9. The summed E-state index contributed by atoms with van der Waals surface area (Å²) in [6.07, 6.45) is 6.88. The summed E-state index contributed by atoms with van der Waals surface area (Å²) in [6, 6.07) is 0.591. The predicted octanol–water partition coefficient (Wildman–Crippen LogP) is 1.46. The highest BCUT2D eigenvalue weighted by atomic mass is 16.5. The Morgan fingerprint density at radius 3 is 2.61 bits per heavy atom. The molecule has 0 aliphatic carbocycles. The van der Waals surface area contributed by atoms with Gasteiger partial charge in [-0.1, -0.05) is 0 Å². The number of nitrogens with zero attached hydrogens (tertiary/aromatic N) is 5. The molecule has 9 heteroatoms. The second kappa shape index (κ2) is 7.48. The summed E-state index contributed by atoms with van der Waals surface area (Å²) in [5, 5.41) is 13.0. The molecule has 2 bridgehead atoms. The van der Waals surface area contributed by atoms with Crippen molar-refractivity contribution in [2.75, 3.05) is 44.2 Å². The molecule has 4 saturated heterocycles. The molecule has 1 amide bonds. The van der Waals surface area contributed by atoms with E-state index in [9.17, 15) is 9.90 Å². The van der Waals surface area contributed by atoms with Crippen LogP contribution in [0.5, 0.6) is 6.01 Å². The second-order valence-corrected chi connectivity index (χ2v) is 9.87. The zero-order chi connectivity index (χ0) is 21.0. The van der Waals surface area contributed by atoms with Crippen LogP contribution in [-0.2, 0) is 13.0 Å². The predicted molar refractivity (Wildman–Crippen MR) is 115 cm³/mol. The van der Waals surface area contributed by atoms with Crippen LogP contribution in [0, 0.1) is 0 Å². The Morgan fingerprint density at radius 1 is 1.16 bits per heavy atom. The highest BCUT2D eigenvalue weighted by Crippen LogP contribution is 2.39. The van der Waals surface area contributed by atoms with Gasteiger partial charge in [-0.25, -0.2) is 4.79 Å². The fraction of sp³-hybridized carbons (Fsp3) is 0.773. The number of fused-ring (bicyclic) bond motifs is 4. The molecular weight excluding hydrogens is 396 g/mol. The Labute approximate surface area is 182 Å². The van der Waals surface area contributed by atoms with E-state index in [0.29, 0.717) is 25.7 Å². The number of ether oxygens (including phenoxy) is 1. The van der Waals surface area contributed by atoms with E-state index in [-0.39, 0.29) is 17.6 Å². The summed E-state index contributed by atoms with van der Waals surface area (Å²) in [5.74, 6) is 0.968. The molecule has 4 fully saturated rings. The molecule has 2 atom stereocenters. The molecule has 1 aromatic rings. The largest absolute Gasteiger partial charge is 0.465 e. The molecule has 168 valence electrons. The Bertz CT molecular complexity index is 855. The summed E-state index contributed by atoms with van der Waals surface area (Å²) in [6.45, 7) is 6.09. The molecule has 31 heavy (non-hydrogen) atoms. The van der Waals surface area contributed by atoms with Crippen molar-refractivity contribution in [2.45, 2.75) is 69.1 Å². The van der Waals surface area contributed by atoms with E-state index in [0.717, 1.165) is 43.9 Å². The summed E-state index contributed by atoms with van der Waals surface area (Å²) < 4.78 is 6.30. The number of hydrogen-bond donors (Lipinski definition) is 2. The van der Waals surface area contributed by atoms with Gasteiger partial charge in [-0.05, 0) is 64.6 Å². The lowest BCUT2D eigenvalue weighted by molar-refractivity contribution is 0.107. The molecule has 1 aromatic heterocycles. The van der Waals surface area contributed by atoms with E-state index < -0.39 is 6.09 Å². The first kappa shape index (κ1) is 19.5. The molecule has 6 rings (SSSR count). The Balaban J connectivity index is 1.27. The maximum absolute atomic E-state index is 11.7. The average molecular weight is 429 g/mol. The minimum absolute atomic E-state index is 0.0531. The highest BCUT2D eigenvalue weighted by molar-refractivity contribution is 5.67. The monoisotopic (exact) mass is 428 g/mol. The molecule has 0 aromatic carbocycles. The minimum Gasteiger partial charge on any atom is -0.465 e. The van der Waals surface area contributed by atoms with Crippen LogP contribution in [0.15, 0.2) is 0 Å². The zero-order valence-corrected chi connectivity index (χ0v) is 18.1. The normalized spacial score (nSPS) is 29.2. The van der Waals surface area contributed by atoms with E-state index in [4.69, 9.17) is 14.7 Å². The lowest BCUT2D eigenvalue weighted by Gasteiger charge is -2.41. The van der Waals surface area contributed by atoms with Crippen molar-refractivity contribution < 1.29 is 14.6 Å². The number of aromatic nitrogens is 2. The van der Waals surface area contributed by atoms with Crippen LogP contribution in [0.1, 0.15) is 49.8 Å². The van der Waals surface area contributed by atoms with Crippen molar-refractivity contribution in [2.24, 2.45) is 0 Å². The minimum atomic E-state index is -0.790. The fourth-order valence-electron chi connectivity index (χ4n) is 6.69. The van der Waals surface area contributed by atoms with Crippen LogP contribution >= 0.6 is 0 Å². The number of amides is 1. The van der Waals surface area contributed by atoms with Gasteiger partial charge in [0.15, 0.2) is 0 Å². The van der Waals surface area contributed by atoms with Gasteiger partial charge in [0.05, 0.1) is 23.3 Å². The van der Waals surface area contributed by atoms with Crippen LogP contribution in [0.2, 0.25) is 0 Å². The van der Waals surface area contributed by atoms with E-state index >= 15 is 0 Å². The van der Waals surface area contributed by atoms with Gasteiger partial charge in [-0.15, -0.1) is 0 Å². The van der Waals surface area contributed by atoms with Crippen molar-refractivity contribution in [3.05, 3.63) is 11.3 Å². The van der Waals surface area contributed by atoms with Gasteiger partial charge < -0.3 is 20.1 Å². The summed E-state index contributed by atoms with van der Waals surface area (Å²) in [4.78, 5) is 28.0. The lowest BCUT2D eigenvalue weighted by atomic mass is 9.95. The number of rotatable bonds is 4. The Morgan fingerprint density at radius 2 is 1.90 bits per heavy atom. The van der Waals surface area contributed by atoms with Crippen molar-refractivity contribution in [1.29, 1.82) is 0 Å². The first-order valence-corrected chi connectivity index (χ1v) is 11.9. The van der Waals surface area contributed by atoms with Crippen molar-refractivity contribution >= 4 is 11.9 Å². The van der Waals surface area contributed by atoms with Crippen LogP contribution in [0.3, 0.4) is 0 Å². The standard InChI is InChI=1S/C22H32N6O3/c29-21(30)28-15-3-4-16(28)13-26(12-15)19-17-5-8-23-11-18(17)24-20(25-19)31-14-22-6-1-9-27(22)10-2-7-22/h15-16,23H,1-14H2,(H,29,30)/t15-,16+. The molecule has 0 unspecified atom stereocenters. The first-order chi connectivity index (χ1) is 15.1. The summed E-state index contributed by atoms with van der Waals surface area (Å²) >= 11 is 0. The molecule has 9 nitrogen and oxygen atoms in total. The lowest BCUT2D eigenvalue weighted by Crippen LogP contribution is -2.56. The van der Waals surface area contributed by atoms with Crippen molar-refractivity contribution in [3.63, 3.8) is 0 Å². The molecule has 5 aliphatic heterocycles. The maximum atomic E-state index is 11.7. The van der Waals surface area contributed by atoms with E-state index in [1.165, 1.54) is 44.3 Å². The van der Waals surface area contributed by atoms with Gasteiger partial charge in [0, 0.05) is 25.2 Å². The number of hydrogen-bond acceptors (Lipinski definition) is 7. The van der Waals surface area contributed by atoms with Crippen molar-refractivity contribution in [1.82, 2.24) is 25.1 Å². The average Bonchev–Trinajstić information content (AvgIpc) is 3.42. The molecule has 5 aliphatic rings. The van der Waals surface area contributed by atoms with Gasteiger partial charge in [0.1, 0.15) is 12.4 Å². The van der Waals surface area contributed by atoms with Crippen LogP contribution in [0.25, 0.3) is 0 Å². The molecule has 6 heterocycles. The van der Waals surface area contributed by atoms with Crippen molar-refractivity contribution in [3.8, 4) is 6.01 Å². The van der Waals surface area contributed by atoms with Gasteiger partial charge in [0.25, 0.3) is 0 Å². The number of nitrogens with one attached hydrogen (secondary N) is 1. The zero-order valence-electron chi connectivity index (χ0n) is 18.1. The smallest absolute Gasteiger partial charge is 0.407 e. The third kappa shape index (κ3) is 3.24. The number of piperazine rings is 1. The molecule has 0 saturated carbocycles. The Kier molecular flexibility index (Phi) is 4.72. The number of anilines is 1. The molecule has 2 N–H and O–H groups in total. The van der Waals surface area contributed by atoms with E-state index in [2.05, 4.69) is 15.1 Å². The molecule has 0 radical (unpaired) electrons. The number of carbonyl (C=O) groups is 1. The second-order valence-electron chi connectivity index (χ2n) is 9.87. The van der Waals surface area contributed by atoms with Gasteiger partial charge in [-0.2, -0.15) is 9.97 Å². The maximum Gasteiger partial charge on any atom is 0.407 e. The van der Waals surface area contributed by atoms with E-state index in [1.807, 2.05) is 0 Å². The highest BCUT2D eigenvalue weighted by Gasteiger charge is 2.46. The van der Waals surface area contributed by atoms with Crippen LogP contribution in [-0.4, -0.2) is 87.9 Å². The van der Waals surface area contributed by atoms with Gasteiger partial charge in [0.2, 0.25) is 0 Å². The summed E-state index contributed by atoms with van der Waals surface area (Å²) in [5.41, 5.74) is 2.41. The fourth-order valence-corrected chi connectivity index (χ4v) is 6.69. The van der Waals surface area contributed by atoms with E-state index in [1.54, 1.807) is 4.90 Å². The van der Waals surface area contributed by atoms with Crippen LogP contribution in [0.4, 0.5) is 10.6 Å². The number of carboxylic acid groups (broad SMARTS) is 1. The third-order valence-corrected chi connectivity index (χ3v) is 8.18. The Hall–Kier alpha value is -2.13. The molecular formula is C22H32N6O3. The topological polar surface area (TPSA) is 94.1 Å². The quantitative estimate of drug-likeness (QED) is 0.745. The van der Waals surface area contributed by atoms with Gasteiger partial charge >= 0.3 is 12.1 Å². The third-order valence-electron chi connectivity index (χ3n) is 8.18. The molecule has 0 spiro atoms.